The van der Waals surface area contributed by atoms with Crippen LogP contribution in [0.5, 0.6) is 0 Å². The van der Waals surface area contributed by atoms with Gasteiger partial charge in [-0.15, -0.1) is 0 Å². The van der Waals surface area contributed by atoms with Gasteiger partial charge in [-0.3, -0.25) is 3.53 Å². The number of halogens is 1. The summed E-state index contributed by atoms with van der Waals surface area (Å²) in [5.41, 5.74) is 0. The fourth-order valence-corrected chi connectivity index (χ4v) is 0.492. The van der Waals surface area contributed by atoms with Crippen molar-refractivity contribution in [2.24, 2.45) is 0 Å². The molecule has 0 rings (SSSR count). The molecule has 0 aromatic carbocycles. The number of amides is 1. The molecular formula is C5H10INO2. The van der Waals surface area contributed by atoms with Gasteiger partial charge in [0.15, 0.2) is 0 Å². The Kier molecular flexibility index (Phi) is 6.12. The summed E-state index contributed by atoms with van der Waals surface area (Å²) in [4.78, 5) is 10.3. The van der Waals surface area contributed by atoms with Crippen LogP contribution in [0.2, 0.25) is 0 Å². The first-order chi connectivity index (χ1) is 4.31. The van der Waals surface area contributed by atoms with E-state index in [0.717, 1.165) is 12.8 Å². The average molecular weight is 243 g/mol. The summed E-state index contributed by atoms with van der Waals surface area (Å²) >= 11 is 1.74. The number of carbonyl (C=O) groups excluding carboxylic acids is 1. The summed E-state index contributed by atoms with van der Waals surface area (Å²) in [6.45, 7) is 2.57. The fourth-order valence-electron chi connectivity index (χ4n) is 0.336. The molecule has 4 heteroatoms. The number of unbranched alkanes of at least 4 members (excludes halogenated alkanes) is 1. The molecule has 3 nitrogen and oxygen atoms in total. The highest BCUT2D eigenvalue weighted by Gasteiger charge is 1.94. The van der Waals surface area contributed by atoms with Crippen molar-refractivity contribution in [3.05, 3.63) is 0 Å². The number of ether oxygens (including phenoxy) is 1. The van der Waals surface area contributed by atoms with E-state index in [0.29, 0.717) is 6.61 Å². The molecule has 0 fully saturated rings. The number of rotatable bonds is 3. The van der Waals surface area contributed by atoms with E-state index in [1.807, 2.05) is 6.92 Å². The zero-order chi connectivity index (χ0) is 7.11. The second kappa shape index (κ2) is 6.12. The van der Waals surface area contributed by atoms with E-state index < -0.39 is 0 Å². The molecule has 0 unspecified atom stereocenters. The molecule has 0 aromatic heterocycles. The third-order valence-electron chi connectivity index (χ3n) is 0.808. The van der Waals surface area contributed by atoms with Gasteiger partial charge >= 0.3 is 6.09 Å². The predicted molar refractivity (Wildman–Crippen MR) is 43.4 cm³/mol. The Bertz CT molecular complexity index is 87.0. The Morgan fingerprint density at radius 2 is 2.44 bits per heavy atom. The highest BCUT2D eigenvalue weighted by molar-refractivity contribution is 14.1. The van der Waals surface area contributed by atoms with Crippen LogP contribution in [0.3, 0.4) is 0 Å². The van der Waals surface area contributed by atoms with Gasteiger partial charge in [0.05, 0.1) is 29.5 Å². The van der Waals surface area contributed by atoms with Crippen LogP contribution in [0.25, 0.3) is 0 Å². The molecule has 0 atom stereocenters. The maximum absolute atomic E-state index is 10.3. The molecule has 0 heterocycles. The van der Waals surface area contributed by atoms with Crippen molar-refractivity contribution in [2.75, 3.05) is 6.61 Å². The summed E-state index contributed by atoms with van der Waals surface area (Å²) < 4.78 is 7.01. The summed E-state index contributed by atoms with van der Waals surface area (Å²) in [6, 6.07) is 0. The second-order valence-corrected chi connectivity index (χ2v) is 2.12. The minimum atomic E-state index is -0.357. The lowest BCUT2D eigenvalue weighted by Crippen LogP contribution is -2.13. The summed E-state index contributed by atoms with van der Waals surface area (Å²) in [5, 5.41) is 0. The Labute approximate surface area is 68.6 Å². The molecular weight excluding hydrogens is 233 g/mol. The molecule has 0 bridgehead atoms. The monoisotopic (exact) mass is 243 g/mol. The van der Waals surface area contributed by atoms with Crippen molar-refractivity contribution < 1.29 is 9.53 Å². The lowest BCUT2D eigenvalue weighted by atomic mass is 10.4. The van der Waals surface area contributed by atoms with Crippen LogP contribution in [-0.2, 0) is 4.74 Å². The molecule has 1 N–H and O–H groups in total. The van der Waals surface area contributed by atoms with Crippen LogP contribution in [0.15, 0.2) is 0 Å². The van der Waals surface area contributed by atoms with Crippen LogP contribution in [-0.4, -0.2) is 12.7 Å². The minimum absolute atomic E-state index is 0.357. The third kappa shape index (κ3) is 5.88. The smallest absolute Gasteiger partial charge is 0.415 e. The molecule has 0 saturated heterocycles. The van der Waals surface area contributed by atoms with Gasteiger partial charge in [0.2, 0.25) is 0 Å². The lowest BCUT2D eigenvalue weighted by molar-refractivity contribution is 0.153. The van der Waals surface area contributed by atoms with Crippen molar-refractivity contribution >= 4 is 29.0 Å². The number of hydrogen-bond acceptors (Lipinski definition) is 2. The Morgan fingerprint density at radius 1 is 1.78 bits per heavy atom. The Morgan fingerprint density at radius 3 is 2.89 bits per heavy atom. The molecule has 0 aliphatic carbocycles. The normalized spacial score (nSPS) is 8.67. The van der Waals surface area contributed by atoms with E-state index in [-0.39, 0.29) is 6.09 Å². The van der Waals surface area contributed by atoms with E-state index in [2.05, 4.69) is 8.27 Å². The third-order valence-corrected chi connectivity index (χ3v) is 1.25. The maximum atomic E-state index is 10.3. The summed E-state index contributed by atoms with van der Waals surface area (Å²) in [7, 11) is 0. The zero-order valence-electron chi connectivity index (χ0n) is 5.32. The van der Waals surface area contributed by atoms with Crippen LogP contribution >= 0.6 is 22.9 Å². The second-order valence-electron chi connectivity index (χ2n) is 1.58. The van der Waals surface area contributed by atoms with Crippen LogP contribution in [0.4, 0.5) is 4.79 Å². The van der Waals surface area contributed by atoms with Crippen LogP contribution in [0, 0.1) is 0 Å². The number of nitrogens with one attached hydrogen (secondary N) is 1. The lowest BCUT2D eigenvalue weighted by Gasteiger charge is -1.99. The molecule has 9 heavy (non-hydrogen) atoms. The van der Waals surface area contributed by atoms with Gasteiger partial charge in [-0.25, -0.2) is 4.79 Å². The van der Waals surface area contributed by atoms with Gasteiger partial charge < -0.3 is 4.74 Å². The van der Waals surface area contributed by atoms with E-state index >= 15 is 0 Å². The van der Waals surface area contributed by atoms with Crippen LogP contribution < -0.4 is 3.53 Å². The van der Waals surface area contributed by atoms with Gasteiger partial charge in [0.25, 0.3) is 0 Å². The quantitative estimate of drug-likeness (QED) is 0.466. The highest BCUT2D eigenvalue weighted by atomic mass is 127. The largest absolute Gasteiger partial charge is 0.449 e. The number of hydrogen-bond donors (Lipinski definition) is 1. The molecule has 1 amide bonds. The van der Waals surface area contributed by atoms with Crippen LogP contribution in [0.1, 0.15) is 19.8 Å². The molecule has 0 radical (unpaired) electrons. The van der Waals surface area contributed by atoms with E-state index in [1.165, 1.54) is 0 Å². The van der Waals surface area contributed by atoms with Gasteiger partial charge in [-0.1, -0.05) is 13.3 Å². The van der Waals surface area contributed by atoms with E-state index in [9.17, 15) is 4.79 Å². The first-order valence-electron chi connectivity index (χ1n) is 2.84. The highest BCUT2D eigenvalue weighted by Crippen LogP contribution is 1.88. The number of carbonyl (C=O) groups is 1. The standard InChI is InChI=1S/C5H10INO2/c1-2-3-4-9-5(8)7-6/h2-4H2,1H3,(H,7,8). The fraction of sp³-hybridized carbons (Fsp3) is 0.800. The molecule has 0 saturated carbocycles. The van der Waals surface area contributed by atoms with Crippen molar-refractivity contribution in [2.45, 2.75) is 19.8 Å². The molecule has 54 valence electrons. The van der Waals surface area contributed by atoms with Crippen molar-refractivity contribution in [3.8, 4) is 0 Å². The van der Waals surface area contributed by atoms with E-state index in [4.69, 9.17) is 0 Å². The van der Waals surface area contributed by atoms with Gasteiger partial charge in [0.1, 0.15) is 0 Å². The first-order valence-corrected chi connectivity index (χ1v) is 3.92. The zero-order valence-corrected chi connectivity index (χ0v) is 7.47. The van der Waals surface area contributed by atoms with Crippen molar-refractivity contribution in [1.29, 1.82) is 0 Å². The molecule has 0 aliphatic heterocycles. The van der Waals surface area contributed by atoms with Gasteiger partial charge in [-0.2, -0.15) is 0 Å². The van der Waals surface area contributed by atoms with Crippen molar-refractivity contribution in [1.82, 2.24) is 3.53 Å². The Hall–Kier alpha value is 0. The minimum Gasteiger partial charge on any atom is -0.449 e. The predicted octanol–water partition coefficient (Wildman–Crippen LogP) is 1.86. The maximum Gasteiger partial charge on any atom is 0.415 e. The topological polar surface area (TPSA) is 38.3 Å². The molecule has 0 aromatic rings. The molecule has 0 spiro atoms. The van der Waals surface area contributed by atoms with E-state index in [1.54, 1.807) is 22.9 Å². The summed E-state index contributed by atoms with van der Waals surface area (Å²) in [6.07, 6.45) is 1.63. The SMILES string of the molecule is CCCCOC(=O)NI. The Balaban J connectivity index is 2.97. The molecule has 0 aliphatic rings. The first kappa shape index (κ1) is 9.00. The van der Waals surface area contributed by atoms with Gasteiger partial charge in [0, 0.05) is 0 Å². The van der Waals surface area contributed by atoms with Gasteiger partial charge in [-0.05, 0) is 6.42 Å². The summed E-state index contributed by atoms with van der Waals surface area (Å²) in [5.74, 6) is 0. The average Bonchev–Trinajstić information content (AvgIpc) is 1.89. The van der Waals surface area contributed by atoms with Crippen molar-refractivity contribution in [3.63, 3.8) is 0 Å².